The average Bonchev–Trinajstić information content (AvgIpc) is 2.38. The van der Waals surface area contributed by atoms with E-state index in [-0.39, 0.29) is 0 Å². The van der Waals surface area contributed by atoms with Crippen molar-refractivity contribution in [3.63, 3.8) is 0 Å². The molecule has 1 atom stereocenters. The lowest BCUT2D eigenvalue weighted by Crippen LogP contribution is -1.98. The molecule has 0 bridgehead atoms. The Hall–Kier alpha value is -1.56. The Bertz CT molecular complexity index is 434. The number of rotatable bonds is 4. The van der Waals surface area contributed by atoms with Gasteiger partial charge in [0.05, 0.1) is 0 Å². The van der Waals surface area contributed by atoms with Crippen molar-refractivity contribution in [2.75, 3.05) is 0 Å². The van der Waals surface area contributed by atoms with Gasteiger partial charge in [-0.25, -0.2) is 0 Å². The molecule has 1 aliphatic carbocycles. The summed E-state index contributed by atoms with van der Waals surface area (Å²) in [6, 6.07) is 10.7. The van der Waals surface area contributed by atoms with Gasteiger partial charge in [0.15, 0.2) is 0 Å². The summed E-state index contributed by atoms with van der Waals surface area (Å²) in [4.78, 5) is 0. The van der Waals surface area contributed by atoms with Crippen LogP contribution in [0.15, 0.2) is 66.3 Å². The van der Waals surface area contributed by atoms with Crippen molar-refractivity contribution in [3.8, 4) is 0 Å². The topological polar surface area (TPSA) is 0 Å². The van der Waals surface area contributed by atoms with Crippen molar-refractivity contribution < 1.29 is 0 Å². The van der Waals surface area contributed by atoms with Crippen LogP contribution in [-0.2, 0) is 0 Å². The zero-order valence-corrected chi connectivity index (χ0v) is 10.5. The highest BCUT2D eigenvalue weighted by Crippen LogP contribution is 2.28. The largest absolute Gasteiger partial charge is 0.100 e. The monoisotopic (exact) mass is 224 g/mol. The molecule has 0 radical (unpaired) electrons. The van der Waals surface area contributed by atoms with Crippen LogP contribution in [0.3, 0.4) is 0 Å². The predicted octanol–water partition coefficient (Wildman–Crippen LogP) is 5.01. The molecule has 0 saturated heterocycles. The summed E-state index contributed by atoms with van der Waals surface area (Å²) in [7, 11) is 0. The first-order valence-corrected chi connectivity index (χ1v) is 6.32. The standard InChI is InChI=1S/C17H20/c1-14(2)8-9-15-10-12-17(13-11-15)16-6-4-3-5-7-16/h3-7,10-12,17H,1,8-9,13H2,2H3. The molecule has 2 rings (SSSR count). The van der Waals surface area contributed by atoms with E-state index in [4.69, 9.17) is 0 Å². The first kappa shape index (κ1) is 11.9. The molecule has 17 heavy (non-hydrogen) atoms. The van der Waals surface area contributed by atoms with Gasteiger partial charge < -0.3 is 0 Å². The molecule has 0 aromatic heterocycles. The fourth-order valence-corrected chi connectivity index (χ4v) is 2.16. The molecule has 0 N–H and O–H groups in total. The van der Waals surface area contributed by atoms with Gasteiger partial charge >= 0.3 is 0 Å². The summed E-state index contributed by atoms with van der Waals surface area (Å²) in [6.07, 6.45) is 10.4. The molecule has 0 heterocycles. The Morgan fingerprint density at radius 3 is 2.65 bits per heavy atom. The average molecular weight is 224 g/mol. The van der Waals surface area contributed by atoms with Crippen molar-refractivity contribution in [2.45, 2.75) is 32.1 Å². The normalized spacial score (nSPS) is 18.9. The second-order valence-corrected chi connectivity index (χ2v) is 4.85. The molecule has 0 heteroatoms. The van der Waals surface area contributed by atoms with Crippen molar-refractivity contribution >= 4 is 0 Å². The Labute approximate surface area is 104 Å². The third-order valence-electron chi connectivity index (χ3n) is 3.24. The Balaban J connectivity index is 1.94. The molecule has 0 amide bonds. The molecule has 1 aromatic carbocycles. The molecule has 1 aliphatic rings. The van der Waals surface area contributed by atoms with Crippen molar-refractivity contribution in [1.82, 2.24) is 0 Å². The zero-order valence-electron chi connectivity index (χ0n) is 10.5. The van der Waals surface area contributed by atoms with E-state index < -0.39 is 0 Å². The summed E-state index contributed by atoms with van der Waals surface area (Å²) >= 11 is 0. The molecule has 0 aliphatic heterocycles. The van der Waals surface area contributed by atoms with Crippen LogP contribution in [0.2, 0.25) is 0 Å². The third-order valence-corrected chi connectivity index (χ3v) is 3.24. The lowest BCUT2D eigenvalue weighted by Gasteiger charge is -2.16. The van der Waals surface area contributed by atoms with E-state index in [9.17, 15) is 0 Å². The molecule has 0 saturated carbocycles. The number of allylic oxidation sites excluding steroid dienone is 5. The highest BCUT2D eigenvalue weighted by atomic mass is 14.1. The first-order valence-electron chi connectivity index (χ1n) is 6.32. The Kier molecular flexibility index (Phi) is 3.98. The van der Waals surface area contributed by atoms with Gasteiger partial charge in [0.2, 0.25) is 0 Å². The van der Waals surface area contributed by atoms with E-state index in [0.717, 1.165) is 19.3 Å². The van der Waals surface area contributed by atoms with Gasteiger partial charge in [-0.15, -0.1) is 6.58 Å². The summed E-state index contributed by atoms with van der Waals surface area (Å²) in [5, 5.41) is 0. The molecule has 1 unspecified atom stereocenters. The van der Waals surface area contributed by atoms with Crippen LogP contribution in [0.25, 0.3) is 0 Å². The van der Waals surface area contributed by atoms with Gasteiger partial charge in [0.1, 0.15) is 0 Å². The van der Waals surface area contributed by atoms with Gasteiger partial charge in [-0.3, -0.25) is 0 Å². The first-order chi connectivity index (χ1) is 8.25. The minimum absolute atomic E-state index is 0.560. The smallest absolute Gasteiger partial charge is 0.00559 e. The maximum atomic E-state index is 3.95. The maximum absolute atomic E-state index is 3.95. The molecular weight excluding hydrogens is 204 g/mol. The second-order valence-electron chi connectivity index (χ2n) is 4.85. The van der Waals surface area contributed by atoms with Crippen molar-refractivity contribution in [1.29, 1.82) is 0 Å². The summed E-state index contributed by atoms with van der Waals surface area (Å²) in [6.45, 7) is 6.05. The number of benzene rings is 1. The van der Waals surface area contributed by atoms with E-state index in [1.807, 2.05) is 0 Å². The second kappa shape index (κ2) is 5.67. The fraction of sp³-hybridized carbons (Fsp3) is 0.294. The van der Waals surface area contributed by atoms with Gasteiger partial charge in [-0.1, -0.05) is 59.7 Å². The predicted molar refractivity (Wildman–Crippen MR) is 75.1 cm³/mol. The molecule has 88 valence electrons. The van der Waals surface area contributed by atoms with Crippen LogP contribution >= 0.6 is 0 Å². The summed E-state index contributed by atoms with van der Waals surface area (Å²) < 4.78 is 0. The van der Waals surface area contributed by atoms with Gasteiger partial charge in [0.25, 0.3) is 0 Å². The zero-order chi connectivity index (χ0) is 12.1. The quantitative estimate of drug-likeness (QED) is 0.630. The highest BCUT2D eigenvalue weighted by molar-refractivity contribution is 5.33. The summed E-state index contributed by atoms with van der Waals surface area (Å²) in [5.74, 6) is 0.560. The van der Waals surface area contributed by atoms with Gasteiger partial charge in [0, 0.05) is 5.92 Å². The lowest BCUT2D eigenvalue weighted by molar-refractivity contribution is 0.824. The van der Waals surface area contributed by atoms with Crippen LogP contribution < -0.4 is 0 Å². The van der Waals surface area contributed by atoms with Crippen LogP contribution in [0, 0.1) is 0 Å². The molecule has 0 spiro atoms. The fourth-order valence-electron chi connectivity index (χ4n) is 2.16. The Morgan fingerprint density at radius 2 is 2.06 bits per heavy atom. The van der Waals surface area contributed by atoms with E-state index in [0.29, 0.717) is 5.92 Å². The van der Waals surface area contributed by atoms with Crippen molar-refractivity contribution in [2.24, 2.45) is 0 Å². The number of hydrogen-bond acceptors (Lipinski definition) is 0. The van der Waals surface area contributed by atoms with E-state index in [1.54, 1.807) is 0 Å². The third kappa shape index (κ3) is 3.45. The van der Waals surface area contributed by atoms with E-state index in [2.05, 4.69) is 62.1 Å². The van der Waals surface area contributed by atoms with Gasteiger partial charge in [-0.2, -0.15) is 0 Å². The lowest BCUT2D eigenvalue weighted by atomic mass is 9.89. The van der Waals surface area contributed by atoms with Crippen LogP contribution in [-0.4, -0.2) is 0 Å². The SMILES string of the molecule is C=C(C)CCC1=CCC(c2ccccc2)C=C1. The number of hydrogen-bond donors (Lipinski definition) is 0. The van der Waals surface area contributed by atoms with Crippen LogP contribution in [0.5, 0.6) is 0 Å². The van der Waals surface area contributed by atoms with Crippen LogP contribution in [0.4, 0.5) is 0 Å². The van der Waals surface area contributed by atoms with E-state index in [1.165, 1.54) is 16.7 Å². The minimum Gasteiger partial charge on any atom is -0.100 e. The molecule has 0 nitrogen and oxygen atoms in total. The minimum atomic E-state index is 0.560. The van der Waals surface area contributed by atoms with Crippen molar-refractivity contribution in [3.05, 3.63) is 71.8 Å². The van der Waals surface area contributed by atoms with Crippen LogP contribution in [0.1, 0.15) is 37.7 Å². The van der Waals surface area contributed by atoms with E-state index >= 15 is 0 Å². The molecule has 0 fully saturated rings. The summed E-state index contributed by atoms with van der Waals surface area (Å²) in [5.41, 5.74) is 4.14. The van der Waals surface area contributed by atoms with Gasteiger partial charge in [-0.05, 0) is 31.7 Å². The Morgan fingerprint density at radius 1 is 1.29 bits per heavy atom. The highest BCUT2D eigenvalue weighted by Gasteiger charge is 2.10. The molecule has 1 aromatic rings. The maximum Gasteiger partial charge on any atom is 0.00559 e. The molecular formula is C17H20.